The van der Waals surface area contributed by atoms with Crippen molar-refractivity contribution < 1.29 is 9.32 Å². The molecular weight excluding hydrogens is 296 g/mol. The number of aromatic nitrogens is 4. The van der Waals surface area contributed by atoms with Crippen molar-refractivity contribution in [1.29, 1.82) is 0 Å². The van der Waals surface area contributed by atoms with Crippen LogP contribution in [0.2, 0.25) is 0 Å². The van der Waals surface area contributed by atoms with Crippen LogP contribution in [0.15, 0.2) is 10.7 Å². The summed E-state index contributed by atoms with van der Waals surface area (Å²) >= 11 is 0. The SMILES string of the molecule is Cc1ncc(C(=O)NC(C)(C)c2noc(CN(C)C)n2)c(C)n1. The minimum Gasteiger partial charge on any atom is -0.340 e. The fourth-order valence-electron chi connectivity index (χ4n) is 2.06. The fourth-order valence-corrected chi connectivity index (χ4v) is 2.06. The minimum absolute atomic E-state index is 0.272. The Kier molecular flexibility index (Phi) is 4.74. The summed E-state index contributed by atoms with van der Waals surface area (Å²) < 4.78 is 5.21. The van der Waals surface area contributed by atoms with E-state index in [9.17, 15) is 4.79 Å². The van der Waals surface area contributed by atoms with Crippen molar-refractivity contribution in [2.45, 2.75) is 39.8 Å². The molecule has 0 aliphatic rings. The molecule has 0 bridgehead atoms. The molecule has 0 aliphatic carbocycles. The summed E-state index contributed by atoms with van der Waals surface area (Å²) in [5, 5.41) is 6.86. The Morgan fingerprint density at radius 2 is 2.00 bits per heavy atom. The first kappa shape index (κ1) is 17.0. The van der Waals surface area contributed by atoms with E-state index in [0.717, 1.165) is 0 Å². The van der Waals surface area contributed by atoms with Crippen LogP contribution in [0.1, 0.15) is 47.4 Å². The highest BCUT2D eigenvalue weighted by Crippen LogP contribution is 2.18. The molecule has 124 valence electrons. The Labute approximate surface area is 135 Å². The van der Waals surface area contributed by atoms with Crippen molar-refractivity contribution in [3.05, 3.63) is 35.0 Å². The number of rotatable bonds is 5. The summed E-state index contributed by atoms with van der Waals surface area (Å²) in [7, 11) is 3.83. The van der Waals surface area contributed by atoms with Gasteiger partial charge in [0.15, 0.2) is 5.82 Å². The van der Waals surface area contributed by atoms with Crippen molar-refractivity contribution >= 4 is 5.91 Å². The third kappa shape index (κ3) is 4.10. The molecule has 8 heteroatoms. The van der Waals surface area contributed by atoms with E-state index in [-0.39, 0.29) is 5.91 Å². The van der Waals surface area contributed by atoms with E-state index in [1.54, 1.807) is 13.8 Å². The van der Waals surface area contributed by atoms with Crippen LogP contribution in [0.3, 0.4) is 0 Å². The van der Waals surface area contributed by atoms with E-state index in [0.29, 0.717) is 35.3 Å². The predicted molar refractivity (Wildman–Crippen MR) is 83.7 cm³/mol. The van der Waals surface area contributed by atoms with E-state index in [2.05, 4.69) is 25.4 Å². The maximum absolute atomic E-state index is 12.5. The molecule has 1 N–H and O–H groups in total. The Morgan fingerprint density at radius 1 is 1.30 bits per heavy atom. The van der Waals surface area contributed by atoms with E-state index < -0.39 is 5.54 Å². The minimum atomic E-state index is -0.775. The van der Waals surface area contributed by atoms with Gasteiger partial charge in [-0.25, -0.2) is 9.97 Å². The molecular formula is C15H22N6O2. The molecule has 2 rings (SSSR count). The second-order valence-corrected chi connectivity index (χ2v) is 6.24. The van der Waals surface area contributed by atoms with Crippen molar-refractivity contribution in [3.63, 3.8) is 0 Å². The highest BCUT2D eigenvalue weighted by molar-refractivity contribution is 5.95. The molecule has 0 fully saturated rings. The molecule has 23 heavy (non-hydrogen) atoms. The standard InChI is InChI=1S/C15H22N6O2/c1-9-11(7-16-10(2)17-9)13(22)19-15(3,4)14-18-12(23-20-14)8-21(5)6/h7H,8H2,1-6H3,(H,19,22). The third-order valence-corrected chi connectivity index (χ3v) is 3.25. The summed E-state index contributed by atoms with van der Waals surface area (Å²) in [5.41, 5.74) is 0.288. The van der Waals surface area contributed by atoms with Gasteiger partial charge in [0.05, 0.1) is 23.3 Å². The molecule has 8 nitrogen and oxygen atoms in total. The Morgan fingerprint density at radius 3 is 2.61 bits per heavy atom. The lowest BCUT2D eigenvalue weighted by atomic mass is 10.0. The first-order valence-corrected chi connectivity index (χ1v) is 7.29. The number of carbonyl (C=O) groups is 1. The molecule has 2 heterocycles. The summed E-state index contributed by atoms with van der Waals surface area (Å²) in [6, 6.07) is 0. The normalized spacial score (nSPS) is 11.8. The maximum Gasteiger partial charge on any atom is 0.255 e. The van der Waals surface area contributed by atoms with Gasteiger partial charge in [-0.3, -0.25) is 4.79 Å². The van der Waals surface area contributed by atoms with Gasteiger partial charge in [-0.15, -0.1) is 0 Å². The Balaban J connectivity index is 2.16. The second kappa shape index (κ2) is 6.41. The number of nitrogens with zero attached hydrogens (tertiary/aromatic N) is 5. The number of nitrogens with one attached hydrogen (secondary N) is 1. The lowest BCUT2D eigenvalue weighted by Crippen LogP contribution is -2.42. The highest BCUT2D eigenvalue weighted by Gasteiger charge is 2.30. The second-order valence-electron chi connectivity index (χ2n) is 6.24. The van der Waals surface area contributed by atoms with Crippen LogP contribution >= 0.6 is 0 Å². The zero-order chi connectivity index (χ0) is 17.2. The Hall–Kier alpha value is -2.35. The summed E-state index contributed by atoms with van der Waals surface area (Å²) in [5.74, 6) is 1.28. The van der Waals surface area contributed by atoms with Crippen LogP contribution in [0, 0.1) is 13.8 Å². The van der Waals surface area contributed by atoms with Crippen LogP contribution in [0.5, 0.6) is 0 Å². The van der Waals surface area contributed by atoms with Gasteiger partial charge in [-0.1, -0.05) is 5.16 Å². The average Bonchev–Trinajstić information content (AvgIpc) is 2.86. The zero-order valence-corrected chi connectivity index (χ0v) is 14.3. The van der Waals surface area contributed by atoms with Crippen molar-refractivity contribution in [3.8, 4) is 0 Å². The number of carbonyl (C=O) groups excluding carboxylic acids is 1. The van der Waals surface area contributed by atoms with Gasteiger partial charge in [-0.2, -0.15) is 4.98 Å². The third-order valence-electron chi connectivity index (χ3n) is 3.25. The van der Waals surface area contributed by atoms with Gasteiger partial charge in [0.25, 0.3) is 5.91 Å². The average molecular weight is 318 g/mol. The fraction of sp³-hybridized carbons (Fsp3) is 0.533. The van der Waals surface area contributed by atoms with Crippen LogP contribution < -0.4 is 5.32 Å². The first-order chi connectivity index (χ1) is 10.7. The topological polar surface area (TPSA) is 97.0 Å². The molecule has 0 saturated heterocycles. The van der Waals surface area contributed by atoms with Crippen LogP contribution in [0.4, 0.5) is 0 Å². The molecule has 2 aromatic rings. The monoisotopic (exact) mass is 318 g/mol. The molecule has 0 spiro atoms. The van der Waals surface area contributed by atoms with E-state index in [1.807, 2.05) is 32.8 Å². The van der Waals surface area contributed by atoms with Crippen molar-refractivity contribution in [2.24, 2.45) is 0 Å². The molecule has 2 aromatic heterocycles. The van der Waals surface area contributed by atoms with E-state index in [1.165, 1.54) is 6.20 Å². The van der Waals surface area contributed by atoms with E-state index >= 15 is 0 Å². The van der Waals surface area contributed by atoms with Crippen molar-refractivity contribution in [2.75, 3.05) is 14.1 Å². The number of hydrogen-bond acceptors (Lipinski definition) is 7. The molecule has 0 radical (unpaired) electrons. The van der Waals surface area contributed by atoms with E-state index in [4.69, 9.17) is 4.52 Å². The molecule has 0 aliphatic heterocycles. The largest absolute Gasteiger partial charge is 0.340 e. The van der Waals surface area contributed by atoms with Gasteiger partial charge in [-0.05, 0) is 41.8 Å². The van der Waals surface area contributed by atoms with Crippen molar-refractivity contribution in [1.82, 2.24) is 30.3 Å². The quantitative estimate of drug-likeness (QED) is 0.884. The molecule has 0 unspecified atom stereocenters. The number of hydrogen-bond donors (Lipinski definition) is 1. The first-order valence-electron chi connectivity index (χ1n) is 7.29. The summed E-state index contributed by atoms with van der Waals surface area (Å²) in [6.45, 7) is 7.74. The zero-order valence-electron chi connectivity index (χ0n) is 14.3. The lowest BCUT2D eigenvalue weighted by Gasteiger charge is -2.22. The molecule has 0 atom stereocenters. The summed E-state index contributed by atoms with van der Waals surface area (Å²) in [6.07, 6.45) is 1.52. The molecule has 0 saturated carbocycles. The van der Waals surface area contributed by atoms with Crippen LogP contribution in [-0.4, -0.2) is 45.0 Å². The van der Waals surface area contributed by atoms with Gasteiger partial charge in [0.2, 0.25) is 5.89 Å². The maximum atomic E-state index is 12.5. The number of aryl methyl sites for hydroxylation is 2. The number of amides is 1. The van der Waals surface area contributed by atoms with Crippen LogP contribution in [0.25, 0.3) is 0 Å². The molecule has 0 aromatic carbocycles. The van der Waals surface area contributed by atoms with Gasteiger partial charge in [0, 0.05) is 6.20 Å². The predicted octanol–water partition coefficient (Wildman–Crippen LogP) is 1.20. The van der Waals surface area contributed by atoms with Gasteiger partial charge in [0.1, 0.15) is 5.82 Å². The smallest absolute Gasteiger partial charge is 0.255 e. The summed E-state index contributed by atoms with van der Waals surface area (Å²) in [4.78, 5) is 27.0. The van der Waals surface area contributed by atoms with Crippen LogP contribution in [-0.2, 0) is 12.1 Å². The molecule has 1 amide bonds. The lowest BCUT2D eigenvalue weighted by molar-refractivity contribution is 0.0906. The Bertz CT molecular complexity index is 708. The highest BCUT2D eigenvalue weighted by atomic mass is 16.5. The van der Waals surface area contributed by atoms with Gasteiger partial charge >= 0.3 is 0 Å². The van der Waals surface area contributed by atoms with Gasteiger partial charge < -0.3 is 14.7 Å².